The second-order valence-electron chi connectivity index (χ2n) is 5.13. The Balaban J connectivity index is 1.85. The lowest BCUT2D eigenvalue weighted by molar-refractivity contribution is 0.253. The molecule has 2 aromatic heterocycles. The molecule has 0 aliphatic rings. The van der Waals surface area contributed by atoms with Gasteiger partial charge in [0.15, 0.2) is 15.0 Å². The van der Waals surface area contributed by atoms with Crippen LogP contribution in [0, 0.1) is 6.92 Å². The molecule has 124 valence electrons. The van der Waals surface area contributed by atoms with Gasteiger partial charge in [0, 0.05) is 18.6 Å². The second kappa shape index (κ2) is 6.17. The van der Waals surface area contributed by atoms with E-state index in [0.29, 0.717) is 5.13 Å². The number of nitrogens with zero attached hydrogens (tertiary/aromatic N) is 3. The number of imidazole rings is 1. The number of aryl methyl sites for hydroxylation is 1. The lowest BCUT2D eigenvalue weighted by Gasteiger charge is -2.01. The van der Waals surface area contributed by atoms with Gasteiger partial charge in [-0.25, -0.2) is 23.2 Å². The number of rotatable bonds is 3. The summed E-state index contributed by atoms with van der Waals surface area (Å²) < 4.78 is 24.4. The number of benzene rings is 1. The standard InChI is InChI=1S/C15H14N4O3S2/c1-10-13(11-3-5-12(6-4-11)24(2,21)22)23-14(17-10)18-15(20)19-8-7-16-9-19/h3-9H,1-2H3,(H,17,18,20). The zero-order valence-corrected chi connectivity index (χ0v) is 14.6. The minimum atomic E-state index is -3.23. The van der Waals surface area contributed by atoms with Crippen LogP contribution < -0.4 is 5.32 Å². The van der Waals surface area contributed by atoms with Crippen LogP contribution in [0.2, 0.25) is 0 Å². The molecule has 3 aromatic rings. The SMILES string of the molecule is Cc1nc(NC(=O)n2ccnc2)sc1-c1ccc(S(C)(=O)=O)cc1. The van der Waals surface area contributed by atoms with Crippen molar-refractivity contribution >= 4 is 32.3 Å². The Bertz CT molecular complexity index is 974. The summed E-state index contributed by atoms with van der Waals surface area (Å²) in [6.07, 6.45) is 5.63. The van der Waals surface area contributed by atoms with Crippen LogP contribution in [-0.4, -0.2) is 35.2 Å². The molecule has 2 heterocycles. The summed E-state index contributed by atoms with van der Waals surface area (Å²) in [6.45, 7) is 1.84. The normalized spacial score (nSPS) is 11.4. The van der Waals surface area contributed by atoms with E-state index in [-0.39, 0.29) is 10.9 Å². The molecule has 1 amide bonds. The van der Waals surface area contributed by atoms with E-state index in [2.05, 4.69) is 15.3 Å². The van der Waals surface area contributed by atoms with E-state index in [1.807, 2.05) is 6.92 Å². The van der Waals surface area contributed by atoms with Gasteiger partial charge in [-0.15, -0.1) is 0 Å². The number of carbonyl (C=O) groups is 1. The Morgan fingerprint density at radius 3 is 2.54 bits per heavy atom. The van der Waals surface area contributed by atoms with E-state index >= 15 is 0 Å². The zero-order chi connectivity index (χ0) is 17.3. The maximum Gasteiger partial charge on any atom is 0.333 e. The Kier molecular flexibility index (Phi) is 4.20. The lowest BCUT2D eigenvalue weighted by Crippen LogP contribution is -2.17. The van der Waals surface area contributed by atoms with Crippen molar-refractivity contribution in [2.24, 2.45) is 0 Å². The fourth-order valence-electron chi connectivity index (χ4n) is 2.11. The van der Waals surface area contributed by atoms with Gasteiger partial charge in [-0.1, -0.05) is 23.5 Å². The first-order valence-electron chi connectivity index (χ1n) is 6.92. The number of carbonyl (C=O) groups excluding carboxylic acids is 1. The second-order valence-corrected chi connectivity index (χ2v) is 8.15. The van der Waals surface area contributed by atoms with Gasteiger partial charge in [0.2, 0.25) is 0 Å². The quantitative estimate of drug-likeness (QED) is 0.773. The van der Waals surface area contributed by atoms with Crippen molar-refractivity contribution in [3.8, 4) is 10.4 Å². The van der Waals surface area contributed by atoms with Gasteiger partial charge in [0.25, 0.3) is 0 Å². The van der Waals surface area contributed by atoms with E-state index in [0.717, 1.165) is 16.1 Å². The van der Waals surface area contributed by atoms with Gasteiger partial charge in [-0.05, 0) is 24.6 Å². The number of amides is 1. The third kappa shape index (κ3) is 3.36. The average Bonchev–Trinajstić information content (AvgIpc) is 3.16. The first-order chi connectivity index (χ1) is 11.3. The number of hydrogen-bond donors (Lipinski definition) is 1. The summed E-state index contributed by atoms with van der Waals surface area (Å²) in [5, 5.41) is 3.17. The summed E-state index contributed by atoms with van der Waals surface area (Å²) in [4.78, 5) is 21.3. The number of sulfone groups is 1. The summed E-state index contributed by atoms with van der Waals surface area (Å²) in [7, 11) is -3.23. The van der Waals surface area contributed by atoms with E-state index in [9.17, 15) is 13.2 Å². The first-order valence-corrected chi connectivity index (χ1v) is 9.62. The van der Waals surface area contributed by atoms with Crippen LogP contribution in [0.25, 0.3) is 10.4 Å². The summed E-state index contributed by atoms with van der Waals surface area (Å²) in [6, 6.07) is 6.25. The van der Waals surface area contributed by atoms with Gasteiger partial charge >= 0.3 is 6.03 Å². The number of aromatic nitrogens is 3. The zero-order valence-electron chi connectivity index (χ0n) is 12.9. The molecular formula is C15H14N4O3S2. The molecule has 0 atom stereocenters. The van der Waals surface area contributed by atoms with Gasteiger partial charge in [0.1, 0.15) is 6.33 Å². The number of thiazole rings is 1. The largest absolute Gasteiger partial charge is 0.333 e. The maximum absolute atomic E-state index is 12.0. The summed E-state index contributed by atoms with van der Waals surface area (Å²) >= 11 is 1.33. The summed E-state index contributed by atoms with van der Waals surface area (Å²) in [5.74, 6) is 0. The van der Waals surface area contributed by atoms with Crippen molar-refractivity contribution in [3.05, 3.63) is 48.7 Å². The highest BCUT2D eigenvalue weighted by Crippen LogP contribution is 2.33. The van der Waals surface area contributed by atoms with Crippen molar-refractivity contribution in [1.82, 2.24) is 14.5 Å². The van der Waals surface area contributed by atoms with Crippen molar-refractivity contribution in [1.29, 1.82) is 0 Å². The molecule has 0 saturated carbocycles. The Hall–Kier alpha value is -2.52. The molecule has 0 aliphatic carbocycles. The molecule has 0 fully saturated rings. The minimum absolute atomic E-state index is 0.266. The number of hydrogen-bond acceptors (Lipinski definition) is 6. The Labute approximate surface area is 142 Å². The molecule has 0 aliphatic heterocycles. The van der Waals surface area contributed by atoms with Crippen LogP contribution in [0.15, 0.2) is 47.9 Å². The molecule has 9 heteroatoms. The number of anilines is 1. The highest BCUT2D eigenvalue weighted by Gasteiger charge is 2.14. The van der Waals surface area contributed by atoms with Crippen molar-refractivity contribution in [2.45, 2.75) is 11.8 Å². The average molecular weight is 362 g/mol. The van der Waals surface area contributed by atoms with Crippen molar-refractivity contribution < 1.29 is 13.2 Å². The van der Waals surface area contributed by atoms with E-state index in [1.165, 1.54) is 34.7 Å². The van der Waals surface area contributed by atoms with Gasteiger partial charge in [-0.3, -0.25) is 9.88 Å². The van der Waals surface area contributed by atoms with Crippen LogP contribution in [0.5, 0.6) is 0 Å². The van der Waals surface area contributed by atoms with Crippen LogP contribution in [-0.2, 0) is 9.84 Å². The van der Waals surface area contributed by atoms with Crippen LogP contribution in [0.3, 0.4) is 0 Å². The third-order valence-corrected chi connectivity index (χ3v) is 5.54. The fraction of sp³-hybridized carbons (Fsp3) is 0.133. The topological polar surface area (TPSA) is 93.9 Å². The molecule has 0 spiro atoms. The molecule has 0 bridgehead atoms. The smallest absolute Gasteiger partial charge is 0.283 e. The number of nitrogens with one attached hydrogen (secondary N) is 1. The molecule has 1 aromatic carbocycles. The highest BCUT2D eigenvalue weighted by molar-refractivity contribution is 7.90. The monoisotopic (exact) mass is 362 g/mol. The van der Waals surface area contributed by atoms with E-state index in [1.54, 1.807) is 30.5 Å². The van der Waals surface area contributed by atoms with Gasteiger partial charge in [0.05, 0.1) is 15.5 Å². The Morgan fingerprint density at radius 1 is 1.25 bits per heavy atom. The maximum atomic E-state index is 12.0. The van der Waals surface area contributed by atoms with E-state index < -0.39 is 9.84 Å². The van der Waals surface area contributed by atoms with Crippen LogP contribution >= 0.6 is 11.3 Å². The summed E-state index contributed by atoms with van der Waals surface area (Å²) in [5.41, 5.74) is 1.61. The van der Waals surface area contributed by atoms with Crippen molar-refractivity contribution in [2.75, 3.05) is 11.6 Å². The molecule has 1 N–H and O–H groups in total. The molecule has 7 nitrogen and oxygen atoms in total. The molecular weight excluding hydrogens is 348 g/mol. The molecule has 0 unspecified atom stereocenters. The fourth-order valence-corrected chi connectivity index (χ4v) is 3.70. The third-order valence-electron chi connectivity index (χ3n) is 3.29. The van der Waals surface area contributed by atoms with Crippen LogP contribution in [0.1, 0.15) is 5.69 Å². The minimum Gasteiger partial charge on any atom is -0.283 e. The predicted octanol–water partition coefficient (Wildman–Crippen LogP) is 2.80. The van der Waals surface area contributed by atoms with Gasteiger partial charge < -0.3 is 0 Å². The molecule has 24 heavy (non-hydrogen) atoms. The molecule has 0 radical (unpaired) electrons. The predicted molar refractivity (Wildman–Crippen MR) is 92.0 cm³/mol. The van der Waals surface area contributed by atoms with Crippen molar-refractivity contribution in [3.63, 3.8) is 0 Å². The molecule has 3 rings (SSSR count). The lowest BCUT2D eigenvalue weighted by atomic mass is 10.2. The van der Waals surface area contributed by atoms with Crippen LogP contribution in [0.4, 0.5) is 9.93 Å². The van der Waals surface area contributed by atoms with Gasteiger partial charge in [-0.2, -0.15) is 0 Å². The highest BCUT2D eigenvalue weighted by atomic mass is 32.2. The van der Waals surface area contributed by atoms with E-state index in [4.69, 9.17) is 0 Å². The first kappa shape index (κ1) is 16.3. The molecule has 0 saturated heterocycles. The Morgan fingerprint density at radius 2 is 1.96 bits per heavy atom.